The van der Waals surface area contributed by atoms with Crippen LogP contribution in [0.2, 0.25) is 0 Å². The Hall–Kier alpha value is -3.31. The lowest BCUT2D eigenvalue weighted by Crippen LogP contribution is -2.12. The van der Waals surface area contributed by atoms with Crippen molar-refractivity contribution in [1.29, 1.82) is 0 Å². The van der Waals surface area contributed by atoms with Gasteiger partial charge in [-0.2, -0.15) is 0 Å². The number of anilines is 1. The summed E-state index contributed by atoms with van der Waals surface area (Å²) in [6, 6.07) is 21.3. The van der Waals surface area contributed by atoms with E-state index in [2.05, 4.69) is 17.4 Å². The maximum Gasteiger partial charge on any atom is 0.267 e. The molecule has 0 bridgehead atoms. The van der Waals surface area contributed by atoms with Gasteiger partial charge in [0, 0.05) is 29.0 Å². The summed E-state index contributed by atoms with van der Waals surface area (Å²) in [5, 5.41) is 5.01. The van der Waals surface area contributed by atoms with Gasteiger partial charge in [0.1, 0.15) is 10.6 Å². The molecule has 0 saturated heterocycles. The van der Waals surface area contributed by atoms with E-state index in [1.165, 1.54) is 11.3 Å². The number of ether oxygens (including phenoxy) is 1. The highest BCUT2D eigenvalue weighted by Crippen LogP contribution is 2.35. The molecule has 0 aliphatic carbocycles. The van der Waals surface area contributed by atoms with Gasteiger partial charge in [-0.25, -0.2) is 0 Å². The molecule has 0 saturated carbocycles. The lowest BCUT2D eigenvalue weighted by molar-refractivity contribution is 0.103. The number of hydrogen-bond donors (Lipinski definition) is 1. The number of aromatic nitrogens is 1. The summed E-state index contributed by atoms with van der Waals surface area (Å²) in [6.07, 6.45) is 3.91. The Kier molecular flexibility index (Phi) is 4.77. The predicted molar refractivity (Wildman–Crippen MR) is 110 cm³/mol. The first kappa shape index (κ1) is 17.1. The van der Waals surface area contributed by atoms with Crippen molar-refractivity contribution >= 4 is 22.9 Å². The van der Waals surface area contributed by atoms with Crippen LogP contribution >= 0.6 is 11.3 Å². The normalized spacial score (nSPS) is 10.6. The van der Waals surface area contributed by atoms with E-state index in [9.17, 15) is 4.79 Å². The fraction of sp³-hybridized carbons (Fsp3) is 0.0455. The largest absolute Gasteiger partial charge is 0.497 e. The second-order valence-electron chi connectivity index (χ2n) is 5.97. The maximum atomic E-state index is 13.0. The van der Waals surface area contributed by atoms with Crippen LogP contribution in [0, 0.1) is 0 Å². The van der Waals surface area contributed by atoms with Gasteiger partial charge in [0.2, 0.25) is 0 Å². The summed E-state index contributed by atoms with van der Waals surface area (Å²) in [4.78, 5) is 13.7. The van der Waals surface area contributed by atoms with E-state index in [1.807, 2.05) is 76.9 Å². The molecule has 0 spiro atoms. The molecule has 5 heteroatoms. The Labute approximate surface area is 161 Å². The molecule has 2 heterocycles. The van der Waals surface area contributed by atoms with E-state index in [-0.39, 0.29) is 5.91 Å². The Balaban J connectivity index is 1.72. The van der Waals surface area contributed by atoms with E-state index < -0.39 is 0 Å². The molecule has 134 valence electrons. The number of thiophene rings is 1. The average Bonchev–Trinajstić information content (AvgIpc) is 3.38. The molecule has 0 unspecified atom stereocenters. The minimum Gasteiger partial charge on any atom is -0.497 e. The first-order valence-electron chi connectivity index (χ1n) is 8.52. The first-order chi connectivity index (χ1) is 13.3. The quantitative estimate of drug-likeness (QED) is 0.504. The zero-order valence-electron chi connectivity index (χ0n) is 14.8. The molecular formula is C22H18N2O2S. The number of rotatable bonds is 5. The highest BCUT2D eigenvalue weighted by atomic mass is 32.1. The second-order valence-corrected chi connectivity index (χ2v) is 6.85. The summed E-state index contributed by atoms with van der Waals surface area (Å²) in [7, 11) is 1.62. The number of amides is 1. The molecule has 2 aromatic carbocycles. The van der Waals surface area contributed by atoms with Crippen molar-refractivity contribution in [2.45, 2.75) is 0 Å². The third kappa shape index (κ3) is 3.50. The molecule has 0 radical (unpaired) electrons. The number of benzene rings is 2. The molecular weight excluding hydrogens is 356 g/mol. The lowest BCUT2D eigenvalue weighted by atomic mass is 10.1. The van der Waals surface area contributed by atoms with Crippen LogP contribution < -0.4 is 10.1 Å². The van der Waals surface area contributed by atoms with Crippen molar-refractivity contribution < 1.29 is 9.53 Å². The number of nitrogens with zero attached hydrogens (tertiary/aromatic N) is 1. The molecule has 0 atom stereocenters. The van der Waals surface area contributed by atoms with Gasteiger partial charge in [0.25, 0.3) is 5.91 Å². The van der Waals surface area contributed by atoms with Gasteiger partial charge in [-0.3, -0.25) is 4.79 Å². The number of nitrogens with one attached hydrogen (secondary N) is 1. The molecule has 0 aliphatic heterocycles. The molecule has 0 aliphatic rings. The van der Waals surface area contributed by atoms with Gasteiger partial charge in [-0.05, 0) is 42.0 Å². The van der Waals surface area contributed by atoms with Gasteiger partial charge in [0.15, 0.2) is 0 Å². The van der Waals surface area contributed by atoms with Crippen molar-refractivity contribution in [2.24, 2.45) is 0 Å². The SMILES string of the molecule is COc1ccc(NC(=O)c2scc(-c3ccccc3)c2-n2cccc2)cc1. The predicted octanol–water partition coefficient (Wildman–Crippen LogP) is 5.47. The minimum absolute atomic E-state index is 0.129. The topological polar surface area (TPSA) is 43.3 Å². The molecule has 1 amide bonds. The van der Waals surface area contributed by atoms with Crippen LogP contribution in [0.1, 0.15) is 9.67 Å². The zero-order valence-corrected chi connectivity index (χ0v) is 15.6. The van der Waals surface area contributed by atoms with Crippen molar-refractivity contribution in [3.63, 3.8) is 0 Å². The maximum absolute atomic E-state index is 13.0. The van der Waals surface area contributed by atoms with Crippen molar-refractivity contribution in [3.05, 3.63) is 89.4 Å². The second kappa shape index (κ2) is 7.51. The van der Waals surface area contributed by atoms with Gasteiger partial charge in [0.05, 0.1) is 12.8 Å². The molecule has 4 aromatic rings. The fourth-order valence-electron chi connectivity index (χ4n) is 2.94. The van der Waals surface area contributed by atoms with Crippen LogP contribution in [0.3, 0.4) is 0 Å². The molecule has 1 N–H and O–H groups in total. The van der Waals surface area contributed by atoms with E-state index in [0.29, 0.717) is 4.88 Å². The number of carbonyl (C=O) groups is 1. The van der Waals surface area contributed by atoms with Crippen molar-refractivity contribution in [1.82, 2.24) is 4.57 Å². The van der Waals surface area contributed by atoms with Gasteiger partial charge < -0.3 is 14.6 Å². The smallest absolute Gasteiger partial charge is 0.267 e. The number of carbonyl (C=O) groups excluding carboxylic acids is 1. The first-order valence-corrected chi connectivity index (χ1v) is 9.40. The molecule has 0 fully saturated rings. The Morgan fingerprint density at radius 1 is 0.963 bits per heavy atom. The van der Waals surface area contributed by atoms with Crippen LogP contribution in [0.25, 0.3) is 16.8 Å². The minimum atomic E-state index is -0.129. The van der Waals surface area contributed by atoms with Crippen molar-refractivity contribution in [3.8, 4) is 22.6 Å². The van der Waals surface area contributed by atoms with Crippen LogP contribution in [-0.2, 0) is 0 Å². The summed E-state index contributed by atoms with van der Waals surface area (Å²) >= 11 is 1.45. The van der Waals surface area contributed by atoms with E-state index >= 15 is 0 Å². The summed E-state index contributed by atoms with van der Waals surface area (Å²) < 4.78 is 7.15. The summed E-state index contributed by atoms with van der Waals surface area (Å²) in [5.41, 5.74) is 3.74. The Bertz CT molecular complexity index is 1040. The molecule has 27 heavy (non-hydrogen) atoms. The van der Waals surface area contributed by atoms with Gasteiger partial charge >= 0.3 is 0 Å². The fourth-order valence-corrected chi connectivity index (χ4v) is 3.91. The zero-order chi connectivity index (χ0) is 18.6. The van der Waals surface area contributed by atoms with E-state index in [0.717, 1.165) is 28.3 Å². The van der Waals surface area contributed by atoms with Gasteiger partial charge in [-0.1, -0.05) is 30.3 Å². The average molecular weight is 374 g/mol. The third-order valence-electron chi connectivity index (χ3n) is 4.27. The third-order valence-corrected chi connectivity index (χ3v) is 5.23. The highest BCUT2D eigenvalue weighted by molar-refractivity contribution is 7.13. The summed E-state index contributed by atoms with van der Waals surface area (Å²) in [5.74, 6) is 0.625. The van der Waals surface area contributed by atoms with E-state index in [4.69, 9.17) is 4.74 Å². The van der Waals surface area contributed by atoms with Crippen molar-refractivity contribution in [2.75, 3.05) is 12.4 Å². The molecule has 2 aromatic heterocycles. The monoisotopic (exact) mass is 374 g/mol. The van der Waals surface area contributed by atoms with Crippen LogP contribution in [0.4, 0.5) is 5.69 Å². The number of hydrogen-bond acceptors (Lipinski definition) is 3. The lowest BCUT2D eigenvalue weighted by Gasteiger charge is -2.10. The standard InChI is InChI=1S/C22H18N2O2S/c1-26-18-11-9-17(10-12-18)23-22(25)21-20(24-13-5-6-14-24)19(15-27-21)16-7-3-2-4-8-16/h2-15H,1H3,(H,23,25). The molecule has 4 rings (SSSR count). The summed E-state index contributed by atoms with van der Waals surface area (Å²) in [6.45, 7) is 0. The molecule has 4 nitrogen and oxygen atoms in total. The Morgan fingerprint density at radius 2 is 1.67 bits per heavy atom. The Morgan fingerprint density at radius 3 is 2.33 bits per heavy atom. The highest BCUT2D eigenvalue weighted by Gasteiger charge is 2.20. The van der Waals surface area contributed by atoms with Crippen LogP contribution in [0.5, 0.6) is 5.75 Å². The number of methoxy groups -OCH3 is 1. The van der Waals surface area contributed by atoms with Crippen LogP contribution in [-0.4, -0.2) is 17.6 Å². The van der Waals surface area contributed by atoms with Crippen LogP contribution in [0.15, 0.2) is 84.5 Å². The van der Waals surface area contributed by atoms with Gasteiger partial charge in [-0.15, -0.1) is 11.3 Å². The van der Waals surface area contributed by atoms with E-state index in [1.54, 1.807) is 7.11 Å².